The van der Waals surface area contributed by atoms with Crippen LogP contribution in [0.25, 0.3) is 0 Å². The molecule has 0 saturated heterocycles. The van der Waals surface area contributed by atoms with E-state index in [-0.39, 0.29) is 17.3 Å². The molecule has 7 nitrogen and oxygen atoms in total. The number of fused-ring (bicyclic) bond motifs is 1. The van der Waals surface area contributed by atoms with Crippen LogP contribution in [0.5, 0.6) is 11.5 Å². The van der Waals surface area contributed by atoms with Gasteiger partial charge in [-0.15, -0.1) is 0 Å². The average Bonchev–Trinajstić information content (AvgIpc) is 2.87. The molecule has 0 unspecified atom stereocenters. The monoisotopic (exact) mass is 357 g/mol. The number of Topliss-reactive ketones (excluding diaryl/α,β-unsaturated/α-hetero) is 2. The Bertz CT molecular complexity index is 867. The molecular weight excluding hydrogens is 338 g/mol. The molecule has 0 amide bonds. The highest BCUT2D eigenvalue weighted by atomic mass is 16.5. The largest absolute Gasteiger partial charge is 0.490 e. The van der Waals surface area contributed by atoms with Crippen LogP contribution in [0.15, 0.2) is 30.5 Å². The van der Waals surface area contributed by atoms with Crippen molar-refractivity contribution in [3.05, 3.63) is 47.3 Å². The number of ether oxygens (including phenoxy) is 3. The number of hydrogen-bond donors (Lipinski definition) is 0. The lowest BCUT2D eigenvalue weighted by Gasteiger charge is -2.09. The first-order valence-electron chi connectivity index (χ1n) is 8.23. The Morgan fingerprint density at radius 1 is 1.08 bits per heavy atom. The number of nitrogens with zero attached hydrogens (tertiary/aromatic N) is 1. The molecule has 2 heterocycles. The third-order valence-electron chi connectivity index (χ3n) is 4.02. The maximum absolute atomic E-state index is 12.3. The van der Waals surface area contributed by atoms with Gasteiger partial charge in [0.15, 0.2) is 29.7 Å². The summed E-state index contributed by atoms with van der Waals surface area (Å²) in [5.74, 6) is -0.0644. The highest BCUT2D eigenvalue weighted by Crippen LogP contribution is 2.30. The van der Waals surface area contributed by atoms with E-state index in [4.69, 9.17) is 14.2 Å². The summed E-state index contributed by atoms with van der Waals surface area (Å²) in [6, 6.07) is 6.32. The van der Waals surface area contributed by atoms with Crippen LogP contribution in [0, 0.1) is 0 Å². The molecule has 0 atom stereocenters. The van der Waals surface area contributed by atoms with E-state index < -0.39 is 12.6 Å². The Morgan fingerprint density at radius 2 is 1.81 bits per heavy atom. The van der Waals surface area contributed by atoms with Crippen molar-refractivity contribution >= 4 is 17.5 Å². The molecule has 0 aliphatic carbocycles. The van der Waals surface area contributed by atoms with Crippen molar-refractivity contribution in [3.63, 3.8) is 0 Å². The molecule has 1 aromatic heterocycles. The first-order chi connectivity index (χ1) is 12.5. The normalized spacial score (nSPS) is 13.0. The van der Waals surface area contributed by atoms with Gasteiger partial charge in [0.25, 0.3) is 0 Å². The SMILES string of the molecule is CC(=O)c1cc(C(=O)OCC(=O)c2ccc3c(c2)OCCCO3)n(C)c1. The van der Waals surface area contributed by atoms with Crippen LogP contribution in [0.4, 0.5) is 0 Å². The Labute approximate surface area is 150 Å². The molecule has 136 valence electrons. The molecular formula is C19H19NO6. The topological polar surface area (TPSA) is 83.8 Å². The predicted molar refractivity (Wildman–Crippen MR) is 92.1 cm³/mol. The Hall–Kier alpha value is -3.09. The molecule has 7 heteroatoms. The molecule has 0 fully saturated rings. The van der Waals surface area contributed by atoms with Crippen molar-refractivity contribution in [3.8, 4) is 11.5 Å². The summed E-state index contributed by atoms with van der Waals surface area (Å²) < 4.78 is 17.7. The van der Waals surface area contributed by atoms with E-state index in [1.807, 2.05) is 0 Å². The van der Waals surface area contributed by atoms with Crippen LogP contribution in [-0.2, 0) is 11.8 Å². The maximum atomic E-state index is 12.3. The van der Waals surface area contributed by atoms with E-state index in [1.54, 1.807) is 31.4 Å². The molecule has 0 saturated carbocycles. The minimum atomic E-state index is -0.664. The van der Waals surface area contributed by atoms with Crippen LogP contribution in [-0.4, -0.2) is 41.9 Å². The predicted octanol–water partition coefficient (Wildman–Crippen LogP) is 2.43. The number of ketones is 2. The van der Waals surface area contributed by atoms with Gasteiger partial charge in [-0.3, -0.25) is 9.59 Å². The van der Waals surface area contributed by atoms with Gasteiger partial charge in [0.2, 0.25) is 0 Å². The van der Waals surface area contributed by atoms with E-state index in [0.717, 1.165) is 6.42 Å². The van der Waals surface area contributed by atoms with Crippen molar-refractivity contribution in [2.45, 2.75) is 13.3 Å². The summed E-state index contributed by atoms with van der Waals surface area (Å²) in [5.41, 5.74) is 0.994. The summed E-state index contributed by atoms with van der Waals surface area (Å²) in [5, 5.41) is 0. The molecule has 0 spiro atoms. The Balaban J connectivity index is 1.66. The van der Waals surface area contributed by atoms with E-state index in [2.05, 4.69) is 0 Å². The smallest absolute Gasteiger partial charge is 0.355 e. The molecule has 3 rings (SSSR count). The molecule has 2 aromatic rings. The minimum Gasteiger partial charge on any atom is -0.490 e. The Morgan fingerprint density at radius 3 is 2.50 bits per heavy atom. The van der Waals surface area contributed by atoms with Crippen LogP contribution in [0.1, 0.15) is 44.5 Å². The number of aromatic nitrogens is 1. The van der Waals surface area contributed by atoms with Crippen molar-refractivity contribution in [2.75, 3.05) is 19.8 Å². The first kappa shape index (κ1) is 17.7. The van der Waals surface area contributed by atoms with Crippen LogP contribution in [0.3, 0.4) is 0 Å². The lowest BCUT2D eigenvalue weighted by Crippen LogP contribution is -2.16. The second-order valence-corrected chi connectivity index (χ2v) is 5.99. The van der Waals surface area contributed by atoms with Crippen LogP contribution >= 0.6 is 0 Å². The van der Waals surface area contributed by atoms with Crippen LogP contribution in [0.2, 0.25) is 0 Å². The summed E-state index contributed by atoms with van der Waals surface area (Å²) in [6.45, 7) is 2.10. The van der Waals surface area contributed by atoms with E-state index >= 15 is 0 Å². The summed E-state index contributed by atoms with van der Waals surface area (Å²) >= 11 is 0. The fraction of sp³-hybridized carbons (Fsp3) is 0.316. The van der Waals surface area contributed by atoms with Crippen molar-refractivity contribution in [1.82, 2.24) is 4.57 Å². The minimum absolute atomic E-state index is 0.150. The second kappa shape index (κ2) is 7.43. The molecule has 0 radical (unpaired) electrons. The van der Waals surface area contributed by atoms with E-state index in [1.165, 1.54) is 17.6 Å². The lowest BCUT2D eigenvalue weighted by atomic mass is 10.1. The highest BCUT2D eigenvalue weighted by molar-refractivity contribution is 6.00. The highest BCUT2D eigenvalue weighted by Gasteiger charge is 2.18. The number of hydrogen-bond acceptors (Lipinski definition) is 6. The van der Waals surface area contributed by atoms with Crippen molar-refractivity contribution in [1.29, 1.82) is 0 Å². The number of benzene rings is 1. The molecule has 1 aliphatic heterocycles. The van der Waals surface area contributed by atoms with Gasteiger partial charge in [0, 0.05) is 30.8 Å². The van der Waals surface area contributed by atoms with E-state index in [9.17, 15) is 14.4 Å². The lowest BCUT2D eigenvalue weighted by molar-refractivity contribution is 0.0465. The quantitative estimate of drug-likeness (QED) is 0.604. The number of esters is 1. The van der Waals surface area contributed by atoms with Crippen LogP contribution < -0.4 is 9.47 Å². The van der Waals surface area contributed by atoms with Gasteiger partial charge in [-0.05, 0) is 31.2 Å². The molecule has 26 heavy (non-hydrogen) atoms. The summed E-state index contributed by atoms with van der Waals surface area (Å²) in [7, 11) is 1.63. The van der Waals surface area contributed by atoms with Gasteiger partial charge in [-0.1, -0.05) is 0 Å². The van der Waals surface area contributed by atoms with Gasteiger partial charge >= 0.3 is 5.97 Å². The van der Waals surface area contributed by atoms with E-state index in [0.29, 0.717) is 35.8 Å². The fourth-order valence-electron chi connectivity index (χ4n) is 2.59. The van der Waals surface area contributed by atoms with Gasteiger partial charge in [-0.2, -0.15) is 0 Å². The zero-order valence-electron chi connectivity index (χ0n) is 14.6. The second-order valence-electron chi connectivity index (χ2n) is 5.99. The third-order valence-corrected chi connectivity index (χ3v) is 4.02. The Kier molecular flexibility index (Phi) is 5.06. The standard InChI is InChI=1S/C19H19NO6/c1-12(21)14-8-15(20(2)10-14)19(23)26-11-16(22)13-4-5-17-18(9-13)25-7-3-6-24-17/h4-5,8-10H,3,6-7,11H2,1-2H3. The van der Waals surface area contributed by atoms with Gasteiger partial charge < -0.3 is 18.8 Å². The first-order valence-corrected chi connectivity index (χ1v) is 8.23. The zero-order chi connectivity index (χ0) is 18.7. The average molecular weight is 357 g/mol. The molecule has 0 bridgehead atoms. The molecule has 0 N–H and O–H groups in total. The van der Waals surface area contributed by atoms with Gasteiger partial charge in [0.1, 0.15) is 5.69 Å². The van der Waals surface area contributed by atoms with Gasteiger partial charge in [0.05, 0.1) is 13.2 Å². The summed E-state index contributed by atoms with van der Waals surface area (Å²) in [6.07, 6.45) is 2.32. The maximum Gasteiger partial charge on any atom is 0.355 e. The third kappa shape index (κ3) is 3.77. The van der Waals surface area contributed by atoms with Crippen molar-refractivity contribution < 1.29 is 28.6 Å². The molecule has 1 aliphatic rings. The zero-order valence-corrected chi connectivity index (χ0v) is 14.6. The molecule has 1 aromatic carbocycles. The number of rotatable bonds is 5. The van der Waals surface area contributed by atoms with Gasteiger partial charge in [-0.25, -0.2) is 4.79 Å². The fourth-order valence-corrected chi connectivity index (χ4v) is 2.59. The number of carbonyl (C=O) groups is 3. The summed E-state index contributed by atoms with van der Waals surface area (Å²) in [4.78, 5) is 35.9. The number of carbonyl (C=O) groups excluding carboxylic acids is 3. The van der Waals surface area contributed by atoms with Crippen molar-refractivity contribution in [2.24, 2.45) is 7.05 Å². The number of aryl methyl sites for hydroxylation is 1.